The smallest absolute Gasteiger partial charge is 0.222 e. The van der Waals surface area contributed by atoms with Gasteiger partial charge in [-0.2, -0.15) is 0 Å². The molecule has 0 atom stereocenters. The molecule has 2 N–H and O–H groups in total. The van der Waals surface area contributed by atoms with Crippen molar-refractivity contribution in [3.05, 3.63) is 29.8 Å². The van der Waals surface area contributed by atoms with Crippen molar-refractivity contribution >= 4 is 17.7 Å². The molecule has 5 nitrogen and oxygen atoms in total. The van der Waals surface area contributed by atoms with Crippen molar-refractivity contribution < 1.29 is 4.74 Å². The van der Waals surface area contributed by atoms with Crippen molar-refractivity contribution in [1.29, 1.82) is 0 Å². The minimum atomic E-state index is 0.519. The first-order valence-electron chi connectivity index (χ1n) is 7.27. The molecule has 0 unspecified atom stereocenters. The largest absolute Gasteiger partial charge is 0.493 e. The van der Waals surface area contributed by atoms with E-state index in [2.05, 4.69) is 27.8 Å². The summed E-state index contributed by atoms with van der Waals surface area (Å²) in [6, 6.07) is 8.61. The molecule has 1 aromatic heterocycles. The van der Waals surface area contributed by atoms with Gasteiger partial charge in [0.25, 0.3) is 0 Å². The maximum Gasteiger partial charge on any atom is 0.222 e. The average Bonchev–Trinajstić information content (AvgIpc) is 3.25. The Hall–Kier alpha value is -1.69. The number of hydrogen-bond acceptors (Lipinski definition) is 5. The van der Waals surface area contributed by atoms with Crippen molar-refractivity contribution in [1.82, 2.24) is 14.8 Å². The van der Waals surface area contributed by atoms with Crippen molar-refractivity contribution in [2.75, 3.05) is 18.1 Å². The van der Waals surface area contributed by atoms with Crippen LogP contribution in [-0.4, -0.2) is 27.1 Å². The lowest BCUT2D eigenvalue weighted by Gasteiger charge is -2.09. The molecule has 112 valence electrons. The first-order chi connectivity index (χ1) is 10.3. The molecule has 0 aliphatic heterocycles. The van der Waals surface area contributed by atoms with E-state index in [-0.39, 0.29) is 0 Å². The third-order valence-corrected chi connectivity index (χ3v) is 4.50. The number of hydrogen-bond donors (Lipinski definition) is 1. The third kappa shape index (κ3) is 3.50. The average molecular weight is 304 g/mol. The Bertz CT molecular complexity index is 609. The third-order valence-electron chi connectivity index (χ3n) is 3.47. The molecule has 1 aromatic carbocycles. The van der Waals surface area contributed by atoms with Crippen molar-refractivity contribution in [3.8, 4) is 5.75 Å². The number of ether oxygens (including phenoxy) is 1. The fourth-order valence-electron chi connectivity index (χ4n) is 2.19. The zero-order valence-corrected chi connectivity index (χ0v) is 13.0. The van der Waals surface area contributed by atoms with Gasteiger partial charge in [-0.1, -0.05) is 30.0 Å². The molecule has 3 rings (SSSR count). The van der Waals surface area contributed by atoms with Gasteiger partial charge in [0.15, 0.2) is 5.16 Å². The van der Waals surface area contributed by atoms with Crippen LogP contribution in [0.1, 0.15) is 30.9 Å². The van der Waals surface area contributed by atoms with Gasteiger partial charge < -0.3 is 10.5 Å². The summed E-state index contributed by atoms with van der Waals surface area (Å²) in [5.74, 6) is 2.46. The van der Waals surface area contributed by atoms with E-state index in [0.717, 1.165) is 23.1 Å². The standard InChI is InChI=1S/C15H20N4OS/c1-11-5-2-3-6-13(11)20-9-4-10-21-15-18-17-14(16)19(15)12-7-8-12/h2-3,5-6,12H,4,7-10H2,1H3,(H2,16,17). The van der Waals surface area contributed by atoms with E-state index in [0.29, 0.717) is 18.6 Å². The monoisotopic (exact) mass is 304 g/mol. The number of nitrogens with two attached hydrogens (primary N) is 1. The SMILES string of the molecule is Cc1ccccc1OCCCSc1nnc(N)n1C1CC1. The predicted octanol–water partition coefficient (Wildman–Crippen LogP) is 3.06. The normalized spacial score (nSPS) is 14.3. The van der Waals surface area contributed by atoms with Gasteiger partial charge >= 0.3 is 0 Å². The summed E-state index contributed by atoms with van der Waals surface area (Å²) < 4.78 is 7.85. The van der Waals surface area contributed by atoms with E-state index in [1.165, 1.54) is 18.4 Å². The zero-order valence-electron chi connectivity index (χ0n) is 12.2. The molecule has 1 heterocycles. The van der Waals surface area contributed by atoms with Gasteiger partial charge in [0.1, 0.15) is 5.75 Å². The van der Waals surface area contributed by atoms with Gasteiger partial charge in [0, 0.05) is 11.8 Å². The first-order valence-corrected chi connectivity index (χ1v) is 8.26. The summed E-state index contributed by atoms with van der Waals surface area (Å²) in [6.45, 7) is 2.77. The predicted molar refractivity (Wildman–Crippen MR) is 84.7 cm³/mol. The summed E-state index contributed by atoms with van der Waals surface area (Å²) in [7, 11) is 0. The number of rotatable bonds is 7. The molecule has 0 spiro atoms. The molecule has 0 saturated heterocycles. The van der Waals surface area contributed by atoms with Crippen LogP contribution >= 0.6 is 11.8 Å². The summed E-state index contributed by atoms with van der Waals surface area (Å²) in [5, 5.41) is 9.07. The second-order valence-corrected chi connectivity index (χ2v) is 6.32. The maximum absolute atomic E-state index is 5.86. The molecule has 0 bridgehead atoms. The maximum atomic E-state index is 5.86. The molecule has 2 aromatic rings. The first kappa shape index (κ1) is 14.3. The summed E-state index contributed by atoms with van der Waals surface area (Å²) in [6.07, 6.45) is 3.34. The van der Waals surface area contributed by atoms with Gasteiger partial charge in [0.2, 0.25) is 5.95 Å². The van der Waals surface area contributed by atoms with Crippen molar-refractivity contribution in [2.24, 2.45) is 0 Å². The Balaban J connectivity index is 1.44. The van der Waals surface area contributed by atoms with Crippen LogP contribution in [0.25, 0.3) is 0 Å². The van der Waals surface area contributed by atoms with Gasteiger partial charge in [-0.25, -0.2) is 0 Å². The Labute approximate surface area is 128 Å². The second kappa shape index (κ2) is 6.39. The Kier molecular flexibility index (Phi) is 4.34. The Morgan fingerprint density at radius 2 is 2.14 bits per heavy atom. The lowest BCUT2D eigenvalue weighted by Crippen LogP contribution is -2.03. The van der Waals surface area contributed by atoms with Crippen LogP contribution in [0, 0.1) is 6.92 Å². The highest BCUT2D eigenvalue weighted by Gasteiger charge is 2.28. The van der Waals surface area contributed by atoms with Gasteiger partial charge in [-0.05, 0) is 37.8 Å². The van der Waals surface area contributed by atoms with Crippen LogP contribution in [0.5, 0.6) is 5.75 Å². The molecule has 1 saturated carbocycles. The van der Waals surface area contributed by atoms with Gasteiger partial charge in [-0.3, -0.25) is 4.57 Å². The lowest BCUT2D eigenvalue weighted by molar-refractivity contribution is 0.316. The molecule has 1 fully saturated rings. The minimum absolute atomic E-state index is 0.519. The van der Waals surface area contributed by atoms with Gasteiger partial charge in [0.05, 0.1) is 6.61 Å². The molecule has 0 amide bonds. The van der Waals surface area contributed by atoms with Crippen molar-refractivity contribution in [2.45, 2.75) is 37.4 Å². The van der Waals surface area contributed by atoms with Crippen molar-refractivity contribution in [3.63, 3.8) is 0 Å². The van der Waals surface area contributed by atoms with E-state index >= 15 is 0 Å². The number of nitrogens with zero attached hydrogens (tertiary/aromatic N) is 3. The highest BCUT2D eigenvalue weighted by atomic mass is 32.2. The molecule has 6 heteroatoms. The topological polar surface area (TPSA) is 66.0 Å². The quantitative estimate of drug-likeness (QED) is 0.629. The van der Waals surface area contributed by atoms with E-state index in [9.17, 15) is 0 Å². The minimum Gasteiger partial charge on any atom is -0.493 e. The number of benzene rings is 1. The van der Waals surface area contributed by atoms with E-state index < -0.39 is 0 Å². The summed E-state index contributed by atoms with van der Waals surface area (Å²) in [5.41, 5.74) is 7.03. The fourth-order valence-corrected chi connectivity index (χ4v) is 3.11. The van der Waals surface area contributed by atoms with Crippen LogP contribution in [0.3, 0.4) is 0 Å². The van der Waals surface area contributed by atoms with E-state index in [1.54, 1.807) is 11.8 Å². The van der Waals surface area contributed by atoms with Crippen LogP contribution in [-0.2, 0) is 0 Å². The van der Waals surface area contributed by atoms with E-state index in [1.807, 2.05) is 18.2 Å². The Morgan fingerprint density at radius 3 is 2.90 bits per heavy atom. The second-order valence-electron chi connectivity index (χ2n) is 5.26. The highest BCUT2D eigenvalue weighted by molar-refractivity contribution is 7.99. The molecule has 21 heavy (non-hydrogen) atoms. The van der Waals surface area contributed by atoms with Crippen LogP contribution in [0.15, 0.2) is 29.4 Å². The zero-order chi connectivity index (χ0) is 14.7. The molecule has 1 aliphatic rings. The van der Waals surface area contributed by atoms with Gasteiger partial charge in [-0.15, -0.1) is 10.2 Å². The number of nitrogen functional groups attached to an aromatic ring is 1. The van der Waals surface area contributed by atoms with Crippen LogP contribution in [0.2, 0.25) is 0 Å². The molecular formula is C15H20N4OS. The number of aromatic nitrogens is 3. The number of thioether (sulfide) groups is 1. The molecule has 0 radical (unpaired) electrons. The highest BCUT2D eigenvalue weighted by Crippen LogP contribution is 2.39. The Morgan fingerprint density at radius 1 is 1.33 bits per heavy atom. The number of anilines is 1. The van der Waals surface area contributed by atoms with E-state index in [4.69, 9.17) is 10.5 Å². The molecular weight excluding hydrogens is 284 g/mol. The van der Waals surface area contributed by atoms with Crippen LogP contribution < -0.4 is 10.5 Å². The lowest BCUT2D eigenvalue weighted by atomic mass is 10.2. The summed E-state index contributed by atoms with van der Waals surface area (Å²) in [4.78, 5) is 0. The molecule has 1 aliphatic carbocycles. The summed E-state index contributed by atoms with van der Waals surface area (Å²) >= 11 is 1.70. The number of aryl methyl sites for hydroxylation is 1. The fraction of sp³-hybridized carbons (Fsp3) is 0.467. The van der Waals surface area contributed by atoms with Crippen LogP contribution in [0.4, 0.5) is 5.95 Å². The number of para-hydroxylation sites is 1.